The molecule has 122 valence electrons. The summed E-state index contributed by atoms with van der Waals surface area (Å²) in [5.74, 6) is -0.203. The van der Waals surface area contributed by atoms with E-state index < -0.39 is 11.5 Å². The minimum atomic E-state index is -0.863. The van der Waals surface area contributed by atoms with Crippen molar-refractivity contribution in [2.24, 2.45) is 5.41 Å². The van der Waals surface area contributed by atoms with Gasteiger partial charge in [-0.25, -0.2) is 4.79 Å². The lowest BCUT2D eigenvalue weighted by Gasteiger charge is -2.32. The van der Waals surface area contributed by atoms with E-state index in [9.17, 15) is 9.59 Å². The van der Waals surface area contributed by atoms with E-state index in [1.54, 1.807) is 6.92 Å². The Morgan fingerprint density at radius 2 is 2.19 bits per heavy atom. The molecule has 0 saturated carbocycles. The monoisotopic (exact) mass is 301 g/mol. The molecule has 0 radical (unpaired) electrons. The number of carbonyl (C=O) groups is 2. The molecule has 0 spiro atoms. The Balaban J connectivity index is 2.24. The van der Waals surface area contributed by atoms with Gasteiger partial charge in [0.25, 0.3) is 0 Å². The number of esters is 1. The van der Waals surface area contributed by atoms with Crippen LogP contribution in [-0.4, -0.2) is 67.4 Å². The Kier molecular flexibility index (Phi) is 6.91. The van der Waals surface area contributed by atoms with Gasteiger partial charge in [0.2, 0.25) is 0 Å². The summed E-state index contributed by atoms with van der Waals surface area (Å²) in [5, 5.41) is 15.5. The van der Waals surface area contributed by atoms with Crippen LogP contribution in [0.15, 0.2) is 0 Å². The topological polar surface area (TPSA) is 90.9 Å². The average molecular weight is 301 g/mol. The molecule has 1 aliphatic heterocycles. The van der Waals surface area contributed by atoms with Gasteiger partial charge in [0.1, 0.15) is 0 Å². The van der Waals surface area contributed by atoms with Gasteiger partial charge in [0, 0.05) is 32.2 Å². The van der Waals surface area contributed by atoms with Crippen LogP contribution >= 0.6 is 0 Å². The van der Waals surface area contributed by atoms with Crippen molar-refractivity contribution in [3.8, 4) is 0 Å². The van der Waals surface area contributed by atoms with Crippen LogP contribution in [0.1, 0.15) is 27.2 Å². The molecule has 0 aromatic heterocycles. The molecule has 0 aliphatic carbocycles. The average Bonchev–Trinajstić information content (AvgIpc) is 2.44. The number of ether oxygens (including phenoxy) is 1. The fraction of sp³-hybridized carbons (Fsp3) is 0.857. The van der Waals surface area contributed by atoms with E-state index in [1.807, 2.05) is 13.8 Å². The van der Waals surface area contributed by atoms with Crippen LogP contribution in [0.25, 0.3) is 0 Å². The number of nitrogens with zero attached hydrogens (tertiary/aromatic N) is 1. The lowest BCUT2D eigenvalue weighted by molar-refractivity contribution is -0.153. The molecular weight excluding hydrogens is 274 g/mol. The molecule has 1 saturated heterocycles. The maximum Gasteiger partial charge on any atom is 0.407 e. The normalized spacial score (nSPS) is 19.4. The minimum Gasteiger partial charge on any atom is -0.466 e. The van der Waals surface area contributed by atoms with E-state index in [2.05, 4.69) is 10.6 Å². The molecule has 3 N–H and O–H groups in total. The van der Waals surface area contributed by atoms with Crippen molar-refractivity contribution in [2.45, 2.75) is 33.2 Å². The highest BCUT2D eigenvalue weighted by Gasteiger charge is 2.29. The Bertz CT molecular complexity index is 360. The first-order valence-corrected chi connectivity index (χ1v) is 7.46. The fourth-order valence-electron chi connectivity index (χ4n) is 2.27. The standard InChI is InChI=1S/C14H27N3O4/c1-4-21-12(18)14(2,3)10-15-6-5-11-9-17(13(19)20)8-7-16-11/h11,15-16H,4-10H2,1-3H3,(H,19,20). The van der Waals surface area contributed by atoms with Gasteiger partial charge in [-0.05, 0) is 33.7 Å². The van der Waals surface area contributed by atoms with Crippen LogP contribution in [0.3, 0.4) is 0 Å². The van der Waals surface area contributed by atoms with Crippen molar-refractivity contribution < 1.29 is 19.4 Å². The van der Waals surface area contributed by atoms with Gasteiger partial charge in [-0.15, -0.1) is 0 Å². The number of carbonyl (C=O) groups excluding carboxylic acids is 1. The first-order chi connectivity index (χ1) is 9.86. The highest BCUT2D eigenvalue weighted by atomic mass is 16.5. The summed E-state index contributed by atoms with van der Waals surface area (Å²) in [6.45, 7) is 8.89. The lowest BCUT2D eigenvalue weighted by Crippen LogP contribution is -2.53. The predicted molar refractivity (Wildman–Crippen MR) is 79.3 cm³/mol. The SMILES string of the molecule is CCOC(=O)C(C)(C)CNCCC1CN(C(=O)O)CCN1. The summed E-state index contributed by atoms with van der Waals surface area (Å²) >= 11 is 0. The number of amides is 1. The molecule has 1 aliphatic rings. The second kappa shape index (κ2) is 8.19. The fourth-order valence-corrected chi connectivity index (χ4v) is 2.27. The summed E-state index contributed by atoms with van der Waals surface area (Å²) in [6, 6.07) is 0.160. The lowest BCUT2D eigenvalue weighted by atomic mass is 9.93. The summed E-state index contributed by atoms with van der Waals surface area (Å²) in [5.41, 5.74) is -0.552. The van der Waals surface area contributed by atoms with E-state index in [4.69, 9.17) is 9.84 Å². The first-order valence-electron chi connectivity index (χ1n) is 7.46. The molecule has 0 bridgehead atoms. The van der Waals surface area contributed by atoms with Gasteiger partial charge >= 0.3 is 12.1 Å². The molecule has 1 amide bonds. The molecule has 7 nitrogen and oxygen atoms in total. The third kappa shape index (κ3) is 5.89. The van der Waals surface area contributed by atoms with Crippen molar-refractivity contribution in [1.82, 2.24) is 15.5 Å². The molecule has 21 heavy (non-hydrogen) atoms. The summed E-state index contributed by atoms with van der Waals surface area (Å²) < 4.78 is 5.03. The smallest absolute Gasteiger partial charge is 0.407 e. The number of nitrogens with one attached hydrogen (secondary N) is 2. The molecule has 0 aromatic carbocycles. The molecule has 1 atom stereocenters. The summed E-state index contributed by atoms with van der Waals surface area (Å²) in [4.78, 5) is 24.1. The van der Waals surface area contributed by atoms with E-state index in [1.165, 1.54) is 4.90 Å². The zero-order valence-electron chi connectivity index (χ0n) is 13.1. The third-order valence-electron chi connectivity index (χ3n) is 3.59. The largest absolute Gasteiger partial charge is 0.466 e. The van der Waals surface area contributed by atoms with Gasteiger partial charge in [-0.1, -0.05) is 0 Å². The van der Waals surface area contributed by atoms with Crippen LogP contribution < -0.4 is 10.6 Å². The van der Waals surface area contributed by atoms with E-state index in [0.717, 1.165) is 13.0 Å². The summed E-state index contributed by atoms with van der Waals surface area (Å²) in [7, 11) is 0. The Hall–Kier alpha value is -1.34. The Morgan fingerprint density at radius 1 is 1.48 bits per heavy atom. The number of hydrogen-bond donors (Lipinski definition) is 3. The van der Waals surface area contributed by atoms with E-state index in [0.29, 0.717) is 32.8 Å². The number of piperazine rings is 1. The van der Waals surface area contributed by atoms with Gasteiger partial charge < -0.3 is 25.4 Å². The maximum absolute atomic E-state index is 11.7. The molecule has 1 unspecified atom stereocenters. The highest BCUT2D eigenvalue weighted by Crippen LogP contribution is 2.15. The molecule has 1 fully saturated rings. The van der Waals surface area contributed by atoms with Crippen molar-refractivity contribution in [3.63, 3.8) is 0 Å². The predicted octanol–water partition coefficient (Wildman–Crippen LogP) is 0.507. The summed E-state index contributed by atoms with van der Waals surface area (Å²) in [6.07, 6.45) is -0.0409. The quantitative estimate of drug-likeness (QED) is 0.469. The Labute approximate surface area is 126 Å². The molecule has 1 heterocycles. The van der Waals surface area contributed by atoms with Crippen LogP contribution in [0.2, 0.25) is 0 Å². The van der Waals surface area contributed by atoms with Crippen molar-refractivity contribution >= 4 is 12.1 Å². The van der Waals surface area contributed by atoms with Crippen LogP contribution in [0.5, 0.6) is 0 Å². The van der Waals surface area contributed by atoms with Crippen LogP contribution in [0, 0.1) is 5.41 Å². The second-order valence-electron chi connectivity index (χ2n) is 5.95. The van der Waals surface area contributed by atoms with Crippen LogP contribution in [0.4, 0.5) is 4.79 Å². The molecule has 7 heteroatoms. The Morgan fingerprint density at radius 3 is 2.81 bits per heavy atom. The van der Waals surface area contributed by atoms with Gasteiger partial charge in [0.15, 0.2) is 0 Å². The van der Waals surface area contributed by atoms with E-state index >= 15 is 0 Å². The zero-order chi connectivity index (χ0) is 15.9. The van der Waals surface area contributed by atoms with Crippen molar-refractivity contribution in [3.05, 3.63) is 0 Å². The number of rotatable bonds is 7. The highest BCUT2D eigenvalue weighted by molar-refractivity contribution is 5.76. The third-order valence-corrected chi connectivity index (χ3v) is 3.59. The minimum absolute atomic E-state index is 0.160. The van der Waals surface area contributed by atoms with Gasteiger partial charge in [0.05, 0.1) is 12.0 Å². The van der Waals surface area contributed by atoms with Crippen molar-refractivity contribution in [2.75, 3.05) is 39.3 Å². The van der Waals surface area contributed by atoms with Crippen LogP contribution in [-0.2, 0) is 9.53 Å². The zero-order valence-corrected chi connectivity index (χ0v) is 13.1. The molecule has 1 rings (SSSR count). The van der Waals surface area contributed by atoms with Crippen molar-refractivity contribution in [1.29, 1.82) is 0 Å². The second-order valence-corrected chi connectivity index (χ2v) is 5.95. The maximum atomic E-state index is 11.7. The van der Waals surface area contributed by atoms with Gasteiger partial charge in [-0.3, -0.25) is 4.79 Å². The van der Waals surface area contributed by atoms with E-state index in [-0.39, 0.29) is 12.0 Å². The number of hydrogen-bond acceptors (Lipinski definition) is 5. The van der Waals surface area contributed by atoms with Gasteiger partial charge in [-0.2, -0.15) is 0 Å². The molecule has 0 aromatic rings. The molecular formula is C14H27N3O4. The first kappa shape index (κ1) is 17.7. The number of carboxylic acid groups (broad SMARTS) is 1.